The summed E-state index contributed by atoms with van der Waals surface area (Å²) in [6, 6.07) is 1.79. The number of hydrogen-bond donors (Lipinski definition) is 1. The summed E-state index contributed by atoms with van der Waals surface area (Å²) in [6.45, 7) is 6.22. The zero-order chi connectivity index (χ0) is 10.4. The Hall–Kier alpha value is -1.08. The fourth-order valence-electron chi connectivity index (χ4n) is 1.41. The smallest absolute Gasteiger partial charge is 0.304 e. The topological polar surface area (TPSA) is 64.3 Å². The molecular weight excluding hydrogens is 168 g/mol. The fraction of sp³-hybridized carbons (Fsp3) is 0.778. The van der Waals surface area contributed by atoms with Crippen molar-refractivity contribution in [3.8, 4) is 6.07 Å². The average molecular weight is 184 g/mol. The van der Waals surface area contributed by atoms with E-state index < -0.39 is 5.97 Å². The van der Waals surface area contributed by atoms with Crippen molar-refractivity contribution in [3.05, 3.63) is 0 Å². The Bertz CT molecular complexity index is 210. The Morgan fingerprint density at radius 3 is 2.46 bits per heavy atom. The summed E-state index contributed by atoms with van der Waals surface area (Å²) < 4.78 is 0. The molecule has 13 heavy (non-hydrogen) atoms. The van der Waals surface area contributed by atoms with Crippen LogP contribution in [0, 0.1) is 11.3 Å². The first kappa shape index (κ1) is 11.9. The molecular formula is C9H16N2O2. The molecule has 2 atom stereocenters. The van der Waals surface area contributed by atoms with Gasteiger partial charge in [0.2, 0.25) is 0 Å². The minimum Gasteiger partial charge on any atom is -0.481 e. The molecule has 0 bridgehead atoms. The van der Waals surface area contributed by atoms with Crippen LogP contribution in [0.3, 0.4) is 0 Å². The summed E-state index contributed by atoms with van der Waals surface area (Å²) in [4.78, 5) is 12.3. The molecule has 0 aromatic carbocycles. The second-order valence-electron chi connectivity index (χ2n) is 3.08. The lowest BCUT2D eigenvalue weighted by atomic mass is 10.1. The molecule has 0 aromatic heterocycles. The summed E-state index contributed by atoms with van der Waals surface area (Å²) in [5.74, 6) is -0.823. The predicted molar refractivity (Wildman–Crippen MR) is 49.2 cm³/mol. The van der Waals surface area contributed by atoms with Gasteiger partial charge < -0.3 is 5.11 Å². The van der Waals surface area contributed by atoms with Crippen LogP contribution in [0.1, 0.15) is 27.2 Å². The lowest BCUT2D eigenvalue weighted by Gasteiger charge is -2.28. The molecule has 0 heterocycles. The highest BCUT2D eigenvalue weighted by molar-refractivity contribution is 5.67. The van der Waals surface area contributed by atoms with Gasteiger partial charge in [0.15, 0.2) is 0 Å². The number of aliphatic carboxylic acids is 1. The molecule has 0 rings (SSSR count). The number of rotatable bonds is 5. The van der Waals surface area contributed by atoms with E-state index in [9.17, 15) is 4.79 Å². The van der Waals surface area contributed by atoms with Gasteiger partial charge in [-0.15, -0.1) is 0 Å². The summed E-state index contributed by atoms with van der Waals surface area (Å²) in [7, 11) is 0. The molecule has 0 aliphatic heterocycles. The van der Waals surface area contributed by atoms with Crippen LogP contribution in [0.25, 0.3) is 0 Å². The maximum atomic E-state index is 10.4. The van der Waals surface area contributed by atoms with Gasteiger partial charge in [-0.25, -0.2) is 0 Å². The van der Waals surface area contributed by atoms with Gasteiger partial charge in [0.05, 0.1) is 18.5 Å². The lowest BCUT2D eigenvalue weighted by Crippen LogP contribution is -2.40. The molecule has 0 spiro atoms. The molecule has 0 aromatic rings. The van der Waals surface area contributed by atoms with Crippen molar-refractivity contribution < 1.29 is 9.90 Å². The maximum absolute atomic E-state index is 10.4. The van der Waals surface area contributed by atoms with E-state index >= 15 is 0 Å². The summed E-state index contributed by atoms with van der Waals surface area (Å²) in [6.07, 6.45) is 0.0832. The maximum Gasteiger partial charge on any atom is 0.304 e. The highest BCUT2D eigenvalue weighted by atomic mass is 16.4. The molecule has 4 nitrogen and oxygen atoms in total. The van der Waals surface area contributed by atoms with Crippen molar-refractivity contribution in [2.24, 2.45) is 0 Å². The quantitative estimate of drug-likeness (QED) is 0.694. The first-order chi connectivity index (χ1) is 6.02. The van der Waals surface area contributed by atoms with Crippen LogP contribution in [-0.4, -0.2) is 34.6 Å². The van der Waals surface area contributed by atoms with E-state index in [1.165, 1.54) is 0 Å². The molecule has 74 valence electrons. The summed E-state index contributed by atoms with van der Waals surface area (Å²) in [5.41, 5.74) is 0. The third-order valence-electron chi connectivity index (χ3n) is 2.09. The van der Waals surface area contributed by atoms with Gasteiger partial charge in [-0.2, -0.15) is 5.26 Å². The van der Waals surface area contributed by atoms with E-state index in [0.717, 1.165) is 0 Å². The van der Waals surface area contributed by atoms with Crippen LogP contribution in [0.15, 0.2) is 0 Å². The third-order valence-corrected chi connectivity index (χ3v) is 2.09. The van der Waals surface area contributed by atoms with Gasteiger partial charge >= 0.3 is 5.97 Å². The van der Waals surface area contributed by atoms with E-state index in [4.69, 9.17) is 10.4 Å². The number of carboxylic acids is 1. The largest absolute Gasteiger partial charge is 0.481 e. The van der Waals surface area contributed by atoms with Crippen LogP contribution in [0.5, 0.6) is 0 Å². The molecule has 0 radical (unpaired) electrons. The second-order valence-corrected chi connectivity index (χ2v) is 3.08. The number of carbonyl (C=O) groups is 1. The Morgan fingerprint density at radius 1 is 1.62 bits per heavy atom. The predicted octanol–water partition coefficient (Wildman–Crippen LogP) is 1.08. The van der Waals surface area contributed by atoms with Crippen molar-refractivity contribution in [2.45, 2.75) is 39.3 Å². The molecule has 1 N–H and O–H groups in total. The highest BCUT2D eigenvalue weighted by Crippen LogP contribution is 2.07. The minimum absolute atomic E-state index is 0.0832. The van der Waals surface area contributed by atoms with E-state index in [2.05, 4.69) is 6.07 Å². The molecule has 0 aliphatic rings. The lowest BCUT2D eigenvalue weighted by molar-refractivity contribution is -0.138. The molecule has 2 unspecified atom stereocenters. The molecule has 0 aliphatic carbocycles. The van der Waals surface area contributed by atoms with Crippen LogP contribution in [0.4, 0.5) is 0 Å². The zero-order valence-corrected chi connectivity index (χ0v) is 8.32. The Balaban J connectivity index is 4.24. The normalized spacial score (nSPS) is 15.0. The van der Waals surface area contributed by atoms with Gasteiger partial charge in [-0.1, -0.05) is 6.92 Å². The third kappa shape index (κ3) is 3.90. The van der Waals surface area contributed by atoms with Crippen molar-refractivity contribution >= 4 is 5.97 Å². The SMILES string of the molecule is CCN(C(C)C#N)C(C)CC(=O)O. The van der Waals surface area contributed by atoms with Gasteiger partial charge in [0.1, 0.15) is 0 Å². The van der Waals surface area contributed by atoms with Gasteiger partial charge in [0, 0.05) is 6.04 Å². The van der Waals surface area contributed by atoms with Crippen molar-refractivity contribution in [1.29, 1.82) is 5.26 Å². The second kappa shape index (κ2) is 5.55. The van der Waals surface area contributed by atoms with Crippen LogP contribution in [-0.2, 0) is 4.79 Å². The first-order valence-electron chi connectivity index (χ1n) is 4.40. The van der Waals surface area contributed by atoms with Crippen molar-refractivity contribution in [3.63, 3.8) is 0 Å². The molecule has 0 fully saturated rings. The Morgan fingerprint density at radius 2 is 2.15 bits per heavy atom. The van der Waals surface area contributed by atoms with Gasteiger partial charge in [-0.05, 0) is 20.4 Å². The van der Waals surface area contributed by atoms with E-state index in [1.54, 1.807) is 6.92 Å². The zero-order valence-electron chi connectivity index (χ0n) is 8.32. The van der Waals surface area contributed by atoms with Crippen LogP contribution in [0.2, 0.25) is 0 Å². The fourth-order valence-corrected chi connectivity index (χ4v) is 1.41. The number of nitriles is 1. The molecule has 4 heteroatoms. The summed E-state index contributed by atoms with van der Waals surface area (Å²) >= 11 is 0. The minimum atomic E-state index is -0.823. The average Bonchev–Trinajstić information content (AvgIpc) is 2.03. The summed E-state index contributed by atoms with van der Waals surface area (Å²) in [5, 5.41) is 17.3. The standard InChI is InChI=1S/C9H16N2O2/c1-4-11(8(3)6-10)7(2)5-9(12)13/h7-8H,4-5H2,1-3H3,(H,12,13). The number of nitrogens with zero attached hydrogens (tertiary/aromatic N) is 2. The van der Waals surface area contributed by atoms with Crippen LogP contribution >= 0.6 is 0 Å². The van der Waals surface area contributed by atoms with Crippen molar-refractivity contribution in [1.82, 2.24) is 4.90 Å². The van der Waals surface area contributed by atoms with Gasteiger partial charge in [-0.3, -0.25) is 9.69 Å². The van der Waals surface area contributed by atoms with Crippen molar-refractivity contribution in [2.75, 3.05) is 6.54 Å². The number of hydrogen-bond acceptors (Lipinski definition) is 3. The number of carboxylic acid groups (broad SMARTS) is 1. The highest BCUT2D eigenvalue weighted by Gasteiger charge is 2.19. The molecule has 0 amide bonds. The van der Waals surface area contributed by atoms with Gasteiger partial charge in [0.25, 0.3) is 0 Å². The van der Waals surface area contributed by atoms with E-state index in [1.807, 2.05) is 18.7 Å². The van der Waals surface area contributed by atoms with Crippen LogP contribution < -0.4 is 0 Å². The van der Waals surface area contributed by atoms with E-state index in [-0.39, 0.29) is 18.5 Å². The van der Waals surface area contributed by atoms with E-state index in [0.29, 0.717) is 6.54 Å². The Kier molecular flexibility index (Phi) is 5.09. The molecule has 0 saturated heterocycles. The Labute approximate surface area is 78.8 Å². The molecule has 0 saturated carbocycles. The monoisotopic (exact) mass is 184 g/mol. The first-order valence-corrected chi connectivity index (χ1v) is 4.40.